The van der Waals surface area contributed by atoms with Crippen LogP contribution in [0.2, 0.25) is 5.02 Å². The molecule has 0 atom stereocenters. The standard InChI is InChI=1S/C18H11Cl.CH2N4/c19-17-7-3-6-12-8-9-15-10-13-4-1-2-5-14(13)11-16(15)18(12)17;1-2-4-5-3-1/h1-11H;1H,(H,2,3,4,5). The van der Waals surface area contributed by atoms with Crippen molar-refractivity contribution in [3.63, 3.8) is 0 Å². The fraction of sp³-hybridized carbons (Fsp3) is 0. The van der Waals surface area contributed by atoms with Gasteiger partial charge in [-0.25, -0.2) is 5.10 Å². The predicted molar refractivity (Wildman–Crippen MR) is 98.1 cm³/mol. The Morgan fingerprint density at radius 3 is 2.21 bits per heavy atom. The number of aromatic amines is 1. The number of hydrogen-bond donors (Lipinski definition) is 1. The Balaban J connectivity index is 0.000000252. The number of H-pyrrole nitrogens is 1. The number of fused-ring (bicyclic) bond motifs is 4. The molecule has 0 saturated carbocycles. The Labute approximate surface area is 143 Å². The lowest BCUT2D eigenvalue weighted by Crippen LogP contribution is -1.80. The quantitative estimate of drug-likeness (QED) is 0.321. The first kappa shape index (κ1) is 14.6. The van der Waals surface area contributed by atoms with Crippen LogP contribution in [0, 0.1) is 0 Å². The van der Waals surface area contributed by atoms with Gasteiger partial charge in [-0.1, -0.05) is 60.1 Å². The van der Waals surface area contributed by atoms with E-state index in [-0.39, 0.29) is 0 Å². The molecular weight excluding hydrogens is 320 g/mol. The second kappa shape index (κ2) is 6.26. The number of halogens is 1. The van der Waals surface area contributed by atoms with Gasteiger partial charge in [0.1, 0.15) is 6.33 Å². The largest absolute Gasteiger partial charge is 0.246 e. The zero-order valence-corrected chi connectivity index (χ0v) is 13.4. The van der Waals surface area contributed by atoms with Gasteiger partial charge in [-0.15, -0.1) is 5.10 Å². The number of rotatable bonds is 0. The normalized spacial score (nSPS) is 10.7. The number of tetrazole rings is 1. The van der Waals surface area contributed by atoms with E-state index in [4.69, 9.17) is 11.6 Å². The van der Waals surface area contributed by atoms with E-state index >= 15 is 0 Å². The summed E-state index contributed by atoms with van der Waals surface area (Å²) in [6.07, 6.45) is 1.40. The number of aromatic nitrogens is 4. The van der Waals surface area contributed by atoms with Crippen molar-refractivity contribution in [2.45, 2.75) is 0 Å². The molecule has 0 aliphatic heterocycles. The first-order valence-corrected chi connectivity index (χ1v) is 7.87. The SMILES string of the molecule is Clc1cccc2ccc3cc4ccccc4cc3c12.c1nnn[nH]1. The van der Waals surface area contributed by atoms with Crippen LogP contribution in [0.3, 0.4) is 0 Å². The van der Waals surface area contributed by atoms with E-state index in [2.05, 4.69) is 75.2 Å². The summed E-state index contributed by atoms with van der Waals surface area (Å²) >= 11 is 6.39. The van der Waals surface area contributed by atoms with Gasteiger partial charge in [0.25, 0.3) is 0 Å². The lowest BCUT2D eigenvalue weighted by molar-refractivity contribution is 0.881. The Hall–Kier alpha value is -2.98. The van der Waals surface area contributed by atoms with Crippen molar-refractivity contribution < 1.29 is 0 Å². The Kier molecular flexibility index (Phi) is 3.81. The van der Waals surface area contributed by atoms with Crippen LogP contribution in [-0.4, -0.2) is 20.6 Å². The molecule has 5 heteroatoms. The monoisotopic (exact) mass is 332 g/mol. The molecule has 0 spiro atoms. The van der Waals surface area contributed by atoms with E-state index in [1.165, 1.54) is 33.3 Å². The van der Waals surface area contributed by atoms with Crippen LogP contribution >= 0.6 is 11.6 Å². The molecule has 0 radical (unpaired) electrons. The minimum atomic E-state index is 0.818. The van der Waals surface area contributed by atoms with Crippen molar-refractivity contribution in [1.82, 2.24) is 20.6 Å². The molecule has 5 aromatic rings. The third-order valence-electron chi connectivity index (χ3n) is 3.95. The smallest absolute Gasteiger partial charge is 0.135 e. The van der Waals surface area contributed by atoms with Crippen LogP contribution in [0.15, 0.2) is 73.1 Å². The van der Waals surface area contributed by atoms with Crippen LogP contribution in [0.4, 0.5) is 0 Å². The van der Waals surface area contributed by atoms with Gasteiger partial charge in [-0.2, -0.15) is 0 Å². The Morgan fingerprint density at radius 2 is 1.50 bits per heavy atom. The number of nitrogens with zero attached hydrogens (tertiary/aromatic N) is 3. The fourth-order valence-corrected chi connectivity index (χ4v) is 3.17. The molecule has 116 valence electrons. The summed E-state index contributed by atoms with van der Waals surface area (Å²) in [5.41, 5.74) is 0. The molecule has 5 rings (SSSR count). The molecule has 0 unspecified atom stereocenters. The maximum Gasteiger partial charge on any atom is 0.135 e. The molecule has 4 nitrogen and oxygen atoms in total. The third kappa shape index (κ3) is 2.68. The molecule has 0 amide bonds. The first-order chi connectivity index (χ1) is 11.8. The second-order valence-electron chi connectivity index (χ2n) is 5.39. The molecule has 4 aromatic carbocycles. The third-order valence-corrected chi connectivity index (χ3v) is 4.26. The van der Waals surface area contributed by atoms with Gasteiger partial charge in [0.2, 0.25) is 0 Å². The van der Waals surface area contributed by atoms with Crippen molar-refractivity contribution in [3.8, 4) is 0 Å². The van der Waals surface area contributed by atoms with Crippen molar-refractivity contribution in [2.24, 2.45) is 0 Å². The summed E-state index contributed by atoms with van der Waals surface area (Å²) in [6.45, 7) is 0. The molecule has 0 bridgehead atoms. The van der Waals surface area contributed by atoms with Crippen molar-refractivity contribution in [1.29, 1.82) is 0 Å². The molecule has 0 fully saturated rings. The summed E-state index contributed by atoms with van der Waals surface area (Å²) < 4.78 is 0. The molecule has 1 N–H and O–H groups in total. The molecule has 1 aromatic heterocycles. The second-order valence-corrected chi connectivity index (χ2v) is 5.79. The fourth-order valence-electron chi connectivity index (χ4n) is 2.88. The maximum absolute atomic E-state index is 6.39. The van der Waals surface area contributed by atoms with Gasteiger partial charge >= 0.3 is 0 Å². The lowest BCUT2D eigenvalue weighted by atomic mass is 9.98. The summed E-state index contributed by atoms with van der Waals surface area (Å²) in [5, 5.41) is 20.2. The van der Waals surface area contributed by atoms with E-state index in [1.807, 2.05) is 12.1 Å². The maximum atomic E-state index is 6.39. The molecule has 0 saturated heterocycles. The summed E-state index contributed by atoms with van der Waals surface area (Å²) in [6, 6.07) is 23.3. The van der Waals surface area contributed by atoms with Gasteiger partial charge in [-0.05, 0) is 55.6 Å². The van der Waals surface area contributed by atoms with E-state index in [9.17, 15) is 0 Å². The van der Waals surface area contributed by atoms with E-state index in [1.54, 1.807) is 0 Å². The van der Waals surface area contributed by atoms with Crippen molar-refractivity contribution in [2.75, 3.05) is 0 Å². The summed E-state index contributed by atoms with van der Waals surface area (Å²) in [5.74, 6) is 0. The minimum absolute atomic E-state index is 0.818. The van der Waals surface area contributed by atoms with Gasteiger partial charge in [-0.3, -0.25) is 0 Å². The minimum Gasteiger partial charge on any atom is -0.246 e. The van der Waals surface area contributed by atoms with Crippen LogP contribution in [0.1, 0.15) is 0 Å². The zero-order valence-electron chi connectivity index (χ0n) is 12.6. The molecule has 0 aliphatic carbocycles. The van der Waals surface area contributed by atoms with Gasteiger partial charge in [0.05, 0.1) is 0 Å². The van der Waals surface area contributed by atoms with Gasteiger partial charge in [0.15, 0.2) is 0 Å². The number of hydrogen-bond acceptors (Lipinski definition) is 3. The first-order valence-electron chi connectivity index (χ1n) is 7.50. The highest BCUT2D eigenvalue weighted by Crippen LogP contribution is 2.33. The molecule has 24 heavy (non-hydrogen) atoms. The highest BCUT2D eigenvalue weighted by atomic mass is 35.5. The van der Waals surface area contributed by atoms with Crippen molar-refractivity contribution >= 4 is 43.9 Å². The lowest BCUT2D eigenvalue weighted by Gasteiger charge is -2.07. The Bertz CT molecular complexity index is 1100. The van der Waals surface area contributed by atoms with Gasteiger partial charge < -0.3 is 0 Å². The van der Waals surface area contributed by atoms with Crippen LogP contribution in [-0.2, 0) is 0 Å². The van der Waals surface area contributed by atoms with Gasteiger partial charge in [0, 0.05) is 10.4 Å². The van der Waals surface area contributed by atoms with Crippen molar-refractivity contribution in [3.05, 3.63) is 78.1 Å². The highest BCUT2D eigenvalue weighted by Gasteiger charge is 2.05. The summed E-state index contributed by atoms with van der Waals surface area (Å²) in [4.78, 5) is 0. The average molecular weight is 333 g/mol. The van der Waals surface area contributed by atoms with E-state index in [0.717, 1.165) is 10.4 Å². The molecular formula is C19H13ClN4. The zero-order chi connectivity index (χ0) is 16.4. The number of nitrogens with one attached hydrogen (secondary N) is 1. The summed E-state index contributed by atoms with van der Waals surface area (Å²) in [7, 11) is 0. The predicted octanol–water partition coefficient (Wildman–Crippen LogP) is 5.00. The topological polar surface area (TPSA) is 54.5 Å². The number of benzene rings is 4. The van der Waals surface area contributed by atoms with Crippen LogP contribution < -0.4 is 0 Å². The molecule has 1 heterocycles. The Morgan fingerprint density at radius 1 is 0.750 bits per heavy atom. The van der Waals surface area contributed by atoms with E-state index < -0.39 is 0 Å². The van der Waals surface area contributed by atoms with Crippen LogP contribution in [0.5, 0.6) is 0 Å². The average Bonchev–Trinajstić information content (AvgIpc) is 3.20. The molecule has 0 aliphatic rings. The highest BCUT2D eigenvalue weighted by molar-refractivity contribution is 6.38. The van der Waals surface area contributed by atoms with Crippen LogP contribution in [0.25, 0.3) is 32.3 Å². The van der Waals surface area contributed by atoms with E-state index in [0.29, 0.717) is 0 Å².